The van der Waals surface area contributed by atoms with Crippen molar-refractivity contribution in [2.75, 3.05) is 0 Å². The summed E-state index contributed by atoms with van der Waals surface area (Å²) in [6, 6.07) is 0. The molecule has 0 aliphatic heterocycles. The Morgan fingerprint density at radius 2 is 1.92 bits per heavy atom. The summed E-state index contributed by atoms with van der Waals surface area (Å²) in [7, 11) is 0. The largest absolute Gasteiger partial charge is 0.481 e. The summed E-state index contributed by atoms with van der Waals surface area (Å²) in [5.41, 5.74) is -1.50. The first kappa shape index (κ1) is 9.35. The van der Waals surface area contributed by atoms with Gasteiger partial charge in [-0.3, -0.25) is 4.79 Å². The second kappa shape index (κ2) is 2.64. The van der Waals surface area contributed by atoms with Crippen LogP contribution in [0.25, 0.3) is 0 Å². The van der Waals surface area contributed by atoms with E-state index in [-0.39, 0.29) is 12.8 Å². The molecule has 1 rings (SSSR count). The van der Waals surface area contributed by atoms with Gasteiger partial charge < -0.3 is 5.11 Å². The van der Waals surface area contributed by atoms with Gasteiger partial charge in [0.15, 0.2) is 0 Å². The number of rotatable bonds is 2. The van der Waals surface area contributed by atoms with E-state index in [1.165, 1.54) is 0 Å². The molecule has 1 aliphatic rings. The first-order valence-electron chi connectivity index (χ1n) is 3.66. The summed E-state index contributed by atoms with van der Waals surface area (Å²) in [5, 5.41) is 8.55. The number of aliphatic carboxylic acids is 1. The zero-order valence-corrected chi connectivity index (χ0v) is 6.32. The van der Waals surface area contributed by atoms with E-state index in [9.17, 15) is 18.0 Å². The zero-order valence-electron chi connectivity index (χ0n) is 6.32. The van der Waals surface area contributed by atoms with E-state index in [0.29, 0.717) is 6.42 Å². The number of carbonyl (C=O) groups is 1. The normalized spacial score (nSPS) is 21.6. The third-order valence-electron chi connectivity index (χ3n) is 2.30. The Bertz CT molecular complexity index is 193. The predicted molar refractivity (Wildman–Crippen MR) is 34.6 cm³/mol. The van der Waals surface area contributed by atoms with Crippen molar-refractivity contribution < 1.29 is 23.1 Å². The molecular weight excluding hydrogens is 173 g/mol. The van der Waals surface area contributed by atoms with Crippen molar-refractivity contribution in [1.29, 1.82) is 0 Å². The quantitative estimate of drug-likeness (QED) is 0.710. The molecule has 0 heterocycles. The molecule has 2 nitrogen and oxygen atoms in total. The van der Waals surface area contributed by atoms with Crippen molar-refractivity contribution >= 4 is 5.97 Å². The lowest BCUT2D eigenvalue weighted by Crippen LogP contribution is -2.41. The molecule has 0 amide bonds. The molecule has 0 aromatic heterocycles. The molecule has 5 heteroatoms. The van der Waals surface area contributed by atoms with Gasteiger partial charge in [-0.25, -0.2) is 0 Å². The summed E-state index contributed by atoms with van der Waals surface area (Å²) >= 11 is 0. The average Bonchev–Trinajstić information content (AvgIpc) is 1.75. The summed E-state index contributed by atoms with van der Waals surface area (Å²) in [5.74, 6) is -1.31. The van der Waals surface area contributed by atoms with E-state index in [1.54, 1.807) is 0 Å². The second-order valence-corrected chi connectivity index (χ2v) is 3.23. The van der Waals surface area contributed by atoms with Crippen LogP contribution in [0.3, 0.4) is 0 Å². The lowest BCUT2D eigenvalue weighted by Gasteiger charge is -2.37. The molecule has 0 saturated heterocycles. The second-order valence-electron chi connectivity index (χ2n) is 3.23. The number of alkyl halides is 3. The van der Waals surface area contributed by atoms with Crippen LogP contribution < -0.4 is 0 Å². The zero-order chi connectivity index (χ0) is 9.41. The van der Waals surface area contributed by atoms with E-state index in [4.69, 9.17) is 5.11 Å². The first-order valence-corrected chi connectivity index (χ1v) is 3.66. The molecular formula is C7H9F3O2. The molecule has 0 spiro atoms. The SMILES string of the molecule is O=C(O)C1(CC(F)(F)F)CCC1. The van der Waals surface area contributed by atoms with Gasteiger partial charge in [-0.15, -0.1) is 0 Å². The fourth-order valence-electron chi connectivity index (χ4n) is 1.45. The standard InChI is InChI=1S/C7H9F3O2/c8-7(9,10)4-6(5(11)12)2-1-3-6/h1-4H2,(H,11,12). The minimum atomic E-state index is -4.36. The van der Waals surface area contributed by atoms with Gasteiger partial charge in [0.2, 0.25) is 0 Å². The Morgan fingerprint density at radius 3 is 2.00 bits per heavy atom. The predicted octanol–water partition coefficient (Wildman–Crippen LogP) is 2.19. The van der Waals surface area contributed by atoms with Crippen molar-refractivity contribution in [2.45, 2.75) is 31.9 Å². The Balaban J connectivity index is 2.63. The molecule has 0 aromatic carbocycles. The highest BCUT2D eigenvalue weighted by atomic mass is 19.4. The Morgan fingerprint density at radius 1 is 1.42 bits per heavy atom. The fraction of sp³-hybridized carbons (Fsp3) is 0.857. The van der Waals surface area contributed by atoms with Crippen LogP contribution in [-0.4, -0.2) is 17.3 Å². The minimum absolute atomic E-state index is 0.155. The third-order valence-corrected chi connectivity index (χ3v) is 2.30. The Labute approximate surface area is 67.4 Å². The van der Waals surface area contributed by atoms with Gasteiger partial charge in [0.1, 0.15) is 0 Å². The highest BCUT2D eigenvalue weighted by Gasteiger charge is 2.51. The Kier molecular flexibility index (Phi) is 2.06. The number of hydrogen-bond donors (Lipinski definition) is 1. The lowest BCUT2D eigenvalue weighted by atomic mass is 9.66. The molecule has 0 unspecified atom stereocenters. The lowest BCUT2D eigenvalue weighted by molar-refractivity contribution is -0.189. The average molecular weight is 182 g/mol. The van der Waals surface area contributed by atoms with Crippen LogP contribution in [0.5, 0.6) is 0 Å². The topological polar surface area (TPSA) is 37.3 Å². The van der Waals surface area contributed by atoms with Crippen LogP contribution >= 0.6 is 0 Å². The van der Waals surface area contributed by atoms with Crippen LogP contribution in [0.4, 0.5) is 13.2 Å². The maximum atomic E-state index is 11.9. The van der Waals surface area contributed by atoms with Gasteiger partial charge in [0.25, 0.3) is 0 Å². The van der Waals surface area contributed by atoms with Crippen LogP contribution in [0.15, 0.2) is 0 Å². The van der Waals surface area contributed by atoms with Crippen molar-refractivity contribution in [3.8, 4) is 0 Å². The van der Waals surface area contributed by atoms with Crippen LogP contribution in [0, 0.1) is 5.41 Å². The number of hydrogen-bond acceptors (Lipinski definition) is 1. The van der Waals surface area contributed by atoms with Gasteiger partial charge in [-0.1, -0.05) is 6.42 Å². The highest BCUT2D eigenvalue weighted by Crippen LogP contribution is 2.48. The van der Waals surface area contributed by atoms with Crippen LogP contribution in [0.1, 0.15) is 25.7 Å². The van der Waals surface area contributed by atoms with E-state index >= 15 is 0 Å². The van der Waals surface area contributed by atoms with Gasteiger partial charge in [-0.05, 0) is 12.8 Å². The van der Waals surface area contributed by atoms with Gasteiger partial charge in [0.05, 0.1) is 11.8 Å². The van der Waals surface area contributed by atoms with Crippen LogP contribution in [0.2, 0.25) is 0 Å². The van der Waals surface area contributed by atoms with Crippen molar-refractivity contribution in [1.82, 2.24) is 0 Å². The molecule has 0 bridgehead atoms. The molecule has 1 saturated carbocycles. The smallest absolute Gasteiger partial charge is 0.390 e. The van der Waals surface area contributed by atoms with E-state index in [0.717, 1.165) is 0 Å². The monoisotopic (exact) mass is 182 g/mol. The fourth-order valence-corrected chi connectivity index (χ4v) is 1.45. The molecule has 0 aromatic rings. The molecule has 1 N–H and O–H groups in total. The number of halogens is 3. The van der Waals surface area contributed by atoms with Gasteiger partial charge in [-0.2, -0.15) is 13.2 Å². The minimum Gasteiger partial charge on any atom is -0.481 e. The summed E-state index contributed by atoms with van der Waals surface area (Å²) < 4.78 is 35.6. The van der Waals surface area contributed by atoms with E-state index < -0.39 is 24.0 Å². The van der Waals surface area contributed by atoms with Crippen molar-refractivity contribution in [3.63, 3.8) is 0 Å². The molecule has 0 atom stereocenters. The number of carboxylic acids is 1. The molecule has 1 aliphatic carbocycles. The molecule has 70 valence electrons. The van der Waals surface area contributed by atoms with Crippen LogP contribution in [-0.2, 0) is 4.79 Å². The van der Waals surface area contributed by atoms with Crippen molar-refractivity contribution in [3.05, 3.63) is 0 Å². The van der Waals surface area contributed by atoms with Gasteiger partial charge >= 0.3 is 12.1 Å². The molecule has 0 radical (unpaired) electrons. The van der Waals surface area contributed by atoms with Gasteiger partial charge in [0, 0.05) is 0 Å². The van der Waals surface area contributed by atoms with E-state index in [2.05, 4.69) is 0 Å². The maximum Gasteiger partial charge on any atom is 0.390 e. The number of carboxylic acid groups (broad SMARTS) is 1. The Hall–Kier alpha value is -0.740. The summed E-state index contributed by atoms with van der Waals surface area (Å²) in [6.07, 6.45) is -4.65. The molecule has 1 fully saturated rings. The molecule has 12 heavy (non-hydrogen) atoms. The highest BCUT2D eigenvalue weighted by molar-refractivity contribution is 5.75. The van der Waals surface area contributed by atoms with Crippen molar-refractivity contribution in [2.24, 2.45) is 5.41 Å². The van der Waals surface area contributed by atoms with E-state index in [1.807, 2.05) is 0 Å². The summed E-state index contributed by atoms with van der Waals surface area (Å²) in [6.45, 7) is 0. The third kappa shape index (κ3) is 1.70. The summed E-state index contributed by atoms with van der Waals surface area (Å²) in [4.78, 5) is 10.5. The maximum absolute atomic E-state index is 11.9. The first-order chi connectivity index (χ1) is 5.36.